The van der Waals surface area contributed by atoms with Crippen LogP contribution in [-0.2, 0) is 13.2 Å². The molecule has 2 aromatic rings. The first-order chi connectivity index (χ1) is 8.20. The highest BCUT2D eigenvalue weighted by Gasteiger charge is 2.06. The van der Waals surface area contributed by atoms with E-state index in [1.807, 2.05) is 0 Å². The lowest BCUT2D eigenvalue weighted by molar-refractivity contribution is 0.301. The highest BCUT2D eigenvalue weighted by molar-refractivity contribution is 6.30. The lowest BCUT2D eigenvalue weighted by Crippen LogP contribution is -2.01. The van der Waals surface area contributed by atoms with Crippen LogP contribution in [0.3, 0.4) is 0 Å². The zero-order chi connectivity index (χ0) is 12.3. The zero-order valence-corrected chi connectivity index (χ0v) is 9.71. The van der Waals surface area contributed by atoms with E-state index in [1.54, 1.807) is 12.3 Å². The van der Waals surface area contributed by atoms with Gasteiger partial charge in [-0.1, -0.05) is 11.6 Å². The highest BCUT2D eigenvalue weighted by atomic mass is 35.5. The molecule has 2 N–H and O–H groups in total. The van der Waals surface area contributed by atoms with Gasteiger partial charge < -0.3 is 14.9 Å². The maximum atomic E-state index is 12.9. The van der Waals surface area contributed by atoms with Crippen LogP contribution in [0.25, 0.3) is 0 Å². The topological polar surface area (TPSA) is 48.4 Å². The van der Waals surface area contributed by atoms with Crippen molar-refractivity contribution >= 4 is 11.6 Å². The van der Waals surface area contributed by atoms with Crippen molar-refractivity contribution in [1.29, 1.82) is 0 Å². The molecule has 0 aliphatic carbocycles. The third-order valence-electron chi connectivity index (χ3n) is 2.31. The Balaban J connectivity index is 2.05. The van der Waals surface area contributed by atoms with E-state index < -0.39 is 5.82 Å². The summed E-state index contributed by atoms with van der Waals surface area (Å²) < 4.78 is 23.5. The monoisotopic (exact) mass is 255 g/mol. The molecule has 3 nitrogen and oxygen atoms in total. The fourth-order valence-electron chi connectivity index (χ4n) is 1.40. The Kier molecular flexibility index (Phi) is 3.66. The summed E-state index contributed by atoms with van der Waals surface area (Å²) in [5.41, 5.74) is 6.36. The number of ether oxygens (including phenoxy) is 1. The number of nitrogens with two attached hydrogens (primary N) is 1. The van der Waals surface area contributed by atoms with E-state index >= 15 is 0 Å². The molecule has 0 atom stereocenters. The van der Waals surface area contributed by atoms with Crippen molar-refractivity contribution in [2.24, 2.45) is 5.73 Å². The maximum absolute atomic E-state index is 12.9. The molecule has 0 amide bonds. The van der Waals surface area contributed by atoms with Gasteiger partial charge in [-0.15, -0.1) is 0 Å². The largest absolute Gasteiger partial charge is 0.489 e. The molecule has 0 unspecified atom stereocenters. The molecular formula is C12H11ClFNO2. The van der Waals surface area contributed by atoms with Crippen LogP contribution >= 0.6 is 11.6 Å². The van der Waals surface area contributed by atoms with E-state index in [2.05, 4.69) is 0 Å². The fourth-order valence-corrected chi connectivity index (χ4v) is 1.57. The molecule has 0 aliphatic rings. The van der Waals surface area contributed by atoms with Gasteiger partial charge in [0.2, 0.25) is 0 Å². The second-order valence-corrected chi connectivity index (χ2v) is 3.84. The van der Waals surface area contributed by atoms with Crippen molar-refractivity contribution in [2.75, 3.05) is 0 Å². The van der Waals surface area contributed by atoms with Crippen molar-refractivity contribution in [2.45, 2.75) is 13.2 Å². The van der Waals surface area contributed by atoms with Crippen LogP contribution in [0.2, 0.25) is 5.02 Å². The fraction of sp³-hybridized carbons (Fsp3) is 0.167. The first kappa shape index (κ1) is 12.0. The summed E-state index contributed by atoms with van der Waals surface area (Å²) in [4.78, 5) is 0. The predicted octanol–water partition coefficient (Wildman–Crippen LogP) is 3.11. The molecule has 0 saturated heterocycles. The van der Waals surface area contributed by atoms with Gasteiger partial charge >= 0.3 is 0 Å². The van der Waals surface area contributed by atoms with Crippen molar-refractivity contribution in [3.63, 3.8) is 0 Å². The first-order valence-corrected chi connectivity index (χ1v) is 5.41. The minimum atomic E-state index is -0.468. The van der Waals surface area contributed by atoms with Crippen molar-refractivity contribution in [1.82, 2.24) is 0 Å². The molecule has 0 spiro atoms. The van der Waals surface area contributed by atoms with Gasteiger partial charge in [0.25, 0.3) is 0 Å². The van der Waals surface area contributed by atoms with Crippen molar-refractivity contribution in [3.05, 3.63) is 52.7 Å². The minimum Gasteiger partial charge on any atom is -0.489 e. The van der Waals surface area contributed by atoms with Gasteiger partial charge in [-0.05, 0) is 18.2 Å². The second kappa shape index (κ2) is 5.21. The summed E-state index contributed by atoms with van der Waals surface area (Å²) in [6.07, 6.45) is 1.55. The average molecular weight is 256 g/mol. The Morgan fingerprint density at radius 3 is 2.88 bits per heavy atom. The normalized spacial score (nSPS) is 10.5. The summed E-state index contributed by atoms with van der Waals surface area (Å²) in [5.74, 6) is 0.712. The Hall–Kier alpha value is -1.52. The molecule has 0 fully saturated rings. The molecule has 0 saturated carbocycles. The van der Waals surface area contributed by atoms with E-state index in [1.165, 1.54) is 18.2 Å². The summed E-state index contributed by atoms with van der Waals surface area (Å²) in [5, 5.41) is 0.0359. The number of rotatable bonds is 4. The highest BCUT2D eigenvalue weighted by Crippen LogP contribution is 2.22. The van der Waals surface area contributed by atoms with Crippen molar-refractivity contribution in [3.8, 4) is 5.75 Å². The lowest BCUT2D eigenvalue weighted by atomic mass is 10.2. The van der Waals surface area contributed by atoms with Gasteiger partial charge in [0.05, 0.1) is 17.8 Å². The molecule has 0 radical (unpaired) electrons. The SMILES string of the molecule is NCc1occc1COc1ccc(F)c(Cl)c1. The van der Waals surface area contributed by atoms with E-state index in [0.29, 0.717) is 24.7 Å². The van der Waals surface area contributed by atoms with Crippen molar-refractivity contribution < 1.29 is 13.5 Å². The van der Waals surface area contributed by atoms with Crippen LogP contribution in [0.15, 0.2) is 34.9 Å². The van der Waals surface area contributed by atoms with Crippen LogP contribution in [-0.4, -0.2) is 0 Å². The predicted molar refractivity (Wildman–Crippen MR) is 62.3 cm³/mol. The van der Waals surface area contributed by atoms with Gasteiger partial charge in [-0.25, -0.2) is 4.39 Å². The molecule has 17 heavy (non-hydrogen) atoms. The van der Waals surface area contributed by atoms with Gasteiger partial charge in [-0.2, -0.15) is 0 Å². The molecule has 90 valence electrons. The zero-order valence-electron chi connectivity index (χ0n) is 8.95. The maximum Gasteiger partial charge on any atom is 0.142 e. The third-order valence-corrected chi connectivity index (χ3v) is 2.60. The lowest BCUT2D eigenvalue weighted by Gasteiger charge is -2.06. The van der Waals surface area contributed by atoms with Crippen LogP contribution < -0.4 is 10.5 Å². The van der Waals surface area contributed by atoms with Gasteiger partial charge in [0.15, 0.2) is 0 Å². The van der Waals surface area contributed by atoms with Gasteiger partial charge in [-0.3, -0.25) is 0 Å². The van der Waals surface area contributed by atoms with Gasteiger partial charge in [0.1, 0.15) is 23.9 Å². The molecule has 1 aromatic carbocycles. The molecule has 5 heteroatoms. The summed E-state index contributed by atoms with van der Waals surface area (Å²) in [7, 11) is 0. The van der Waals surface area contributed by atoms with E-state index in [4.69, 9.17) is 26.5 Å². The molecule has 1 aromatic heterocycles. The third kappa shape index (κ3) is 2.78. The number of halogens is 2. The average Bonchev–Trinajstić information content (AvgIpc) is 2.78. The summed E-state index contributed by atoms with van der Waals surface area (Å²) >= 11 is 5.64. The number of hydrogen-bond acceptors (Lipinski definition) is 3. The number of hydrogen-bond donors (Lipinski definition) is 1. The van der Waals surface area contributed by atoms with Crippen LogP contribution in [0.1, 0.15) is 11.3 Å². The molecule has 1 heterocycles. The molecule has 0 bridgehead atoms. The number of benzene rings is 1. The first-order valence-electron chi connectivity index (χ1n) is 5.04. The second-order valence-electron chi connectivity index (χ2n) is 3.44. The van der Waals surface area contributed by atoms with Crippen LogP contribution in [0, 0.1) is 5.82 Å². The van der Waals surface area contributed by atoms with Gasteiger partial charge in [0, 0.05) is 11.6 Å². The van der Waals surface area contributed by atoms with E-state index in [-0.39, 0.29) is 5.02 Å². The smallest absolute Gasteiger partial charge is 0.142 e. The Bertz CT molecular complexity index is 513. The minimum absolute atomic E-state index is 0.0359. The Labute approximate surface area is 103 Å². The molecular weight excluding hydrogens is 245 g/mol. The Morgan fingerprint density at radius 1 is 1.35 bits per heavy atom. The van der Waals surface area contributed by atoms with Crippen LogP contribution in [0.4, 0.5) is 4.39 Å². The summed E-state index contributed by atoms with van der Waals surface area (Å²) in [6, 6.07) is 5.99. The van der Waals surface area contributed by atoms with E-state index in [9.17, 15) is 4.39 Å². The number of furan rings is 1. The molecule has 0 aliphatic heterocycles. The van der Waals surface area contributed by atoms with E-state index in [0.717, 1.165) is 5.56 Å². The van der Waals surface area contributed by atoms with Crippen LogP contribution in [0.5, 0.6) is 5.75 Å². The summed E-state index contributed by atoms with van der Waals surface area (Å²) in [6.45, 7) is 0.626. The standard InChI is InChI=1S/C12H11ClFNO2/c13-10-5-9(1-2-11(10)14)17-7-8-3-4-16-12(8)6-15/h1-5H,6-7,15H2. The quantitative estimate of drug-likeness (QED) is 0.913. The molecule has 2 rings (SSSR count). The Morgan fingerprint density at radius 2 is 2.18 bits per heavy atom.